The standard InChI is InChI=1S/C36H30S3Si3/c1-7-19-31(20-8-1)40(32-21-9-2-10-22-32)37-41(33-23-11-3-12-24-33,34-25-13-4-14-26-34)39-42(38-40,35-27-15-5-16-28-35)36-29-17-6-18-30-36/h1-30H. The first kappa shape index (κ1) is 27.8. The summed E-state index contributed by atoms with van der Waals surface area (Å²) in [6.45, 7) is 0. The van der Waals surface area contributed by atoms with Crippen molar-refractivity contribution < 1.29 is 0 Å². The van der Waals surface area contributed by atoms with Crippen molar-refractivity contribution in [2.24, 2.45) is 0 Å². The summed E-state index contributed by atoms with van der Waals surface area (Å²) in [5, 5.41) is 8.99. The Bertz CT molecular complexity index is 1400. The number of benzene rings is 6. The van der Waals surface area contributed by atoms with E-state index >= 15 is 0 Å². The molecule has 1 heterocycles. The van der Waals surface area contributed by atoms with Crippen LogP contribution >= 0.6 is 32.0 Å². The molecule has 0 radical (unpaired) electrons. The fourth-order valence-electron chi connectivity index (χ4n) is 5.82. The summed E-state index contributed by atoms with van der Waals surface area (Å²) in [6, 6.07) is 69.0. The Labute approximate surface area is 262 Å². The lowest BCUT2D eigenvalue weighted by Gasteiger charge is -2.53. The fraction of sp³-hybridized carbons (Fsp3) is 0. The maximum absolute atomic E-state index is 2.50. The second-order valence-electron chi connectivity index (χ2n) is 10.4. The highest BCUT2D eigenvalue weighted by molar-refractivity contribution is 9.01. The molecule has 1 aliphatic heterocycles. The van der Waals surface area contributed by atoms with Gasteiger partial charge in [0.25, 0.3) is 0 Å². The Morgan fingerprint density at radius 1 is 0.214 bits per heavy atom. The predicted octanol–water partition coefficient (Wildman–Crippen LogP) is 5.97. The maximum atomic E-state index is 2.42. The van der Waals surface area contributed by atoms with Gasteiger partial charge in [-0.1, -0.05) is 182 Å². The van der Waals surface area contributed by atoms with E-state index in [1.165, 1.54) is 31.1 Å². The molecular weight excluding hydrogens is 613 g/mol. The van der Waals surface area contributed by atoms with Gasteiger partial charge in [-0.25, -0.2) is 0 Å². The molecular formula is C36H30S3Si3. The van der Waals surface area contributed by atoms with Crippen LogP contribution in [0.2, 0.25) is 0 Å². The monoisotopic (exact) mass is 642 g/mol. The molecule has 7 rings (SSSR count). The smallest absolute Gasteiger partial charge is 0.166 e. The summed E-state index contributed by atoms with van der Waals surface area (Å²) in [7, 11) is 7.11. The first-order valence-corrected chi connectivity index (χ1v) is 27.0. The van der Waals surface area contributed by atoms with Crippen molar-refractivity contribution in [2.75, 3.05) is 0 Å². The average Bonchev–Trinajstić information content (AvgIpc) is 3.10. The van der Waals surface area contributed by atoms with E-state index in [4.69, 9.17) is 0 Å². The predicted molar refractivity (Wildman–Crippen MR) is 196 cm³/mol. The molecule has 0 nitrogen and oxygen atoms in total. The third kappa shape index (κ3) is 4.90. The Balaban J connectivity index is 1.64. The fourth-order valence-corrected chi connectivity index (χ4v) is 89.3. The largest absolute Gasteiger partial charge is 0.231 e. The van der Waals surface area contributed by atoms with Crippen molar-refractivity contribution in [1.82, 2.24) is 0 Å². The van der Waals surface area contributed by atoms with Crippen molar-refractivity contribution in [3.8, 4) is 0 Å². The van der Waals surface area contributed by atoms with Gasteiger partial charge in [0.15, 0.2) is 0 Å². The molecule has 0 aromatic heterocycles. The molecule has 6 aromatic rings. The molecule has 42 heavy (non-hydrogen) atoms. The first-order valence-electron chi connectivity index (χ1n) is 14.2. The van der Waals surface area contributed by atoms with Crippen LogP contribution in [0.5, 0.6) is 0 Å². The van der Waals surface area contributed by atoms with Crippen molar-refractivity contribution in [3.05, 3.63) is 182 Å². The molecule has 0 unspecified atom stereocenters. The third-order valence-corrected chi connectivity index (χ3v) is 58.8. The number of hydrogen-bond donors (Lipinski definition) is 0. The zero-order chi connectivity index (χ0) is 28.3. The summed E-state index contributed by atoms with van der Waals surface area (Å²) in [5.41, 5.74) is 0. The Kier molecular flexibility index (Phi) is 7.92. The van der Waals surface area contributed by atoms with Crippen LogP contribution in [0.4, 0.5) is 0 Å². The van der Waals surface area contributed by atoms with E-state index in [9.17, 15) is 0 Å². The van der Waals surface area contributed by atoms with Crippen LogP contribution in [-0.4, -0.2) is 19.1 Å². The number of hydrogen-bond acceptors (Lipinski definition) is 3. The molecule has 1 saturated heterocycles. The summed E-state index contributed by atoms with van der Waals surface area (Å²) in [4.78, 5) is 0. The van der Waals surface area contributed by atoms with E-state index in [1.54, 1.807) is 0 Å². The molecule has 0 saturated carbocycles. The summed E-state index contributed by atoms with van der Waals surface area (Å²) < 4.78 is 0. The Morgan fingerprint density at radius 2 is 0.357 bits per heavy atom. The molecule has 6 heteroatoms. The topological polar surface area (TPSA) is 0 Å². The summed E-state index contributed by atoms with van der Waals surface area (Å²) in [5.74, 6) is 0. The van der Waals surface area contributed by atoms with E-state index in [-0.39, 0.29) is 0 Å². The highest BCUT2D eigenvalue weighted by atomic mass is 32.9. The Hall–Kier alpha value is -2.98. The lowest BCUT2D eigenvalue weighted by molar-refractivity contribution is 1.73. The third-order valence-electron chi connectivity index (χ3n) is 7.79. The number of rotatable bonds is 6. The van der Waals surface area contributed by atoms with Crippen LogP contribution in [0.3, 0.4) is 0 Å². The van der Waals surface area contributed by atoms with E-state index in [0.29, 0.717) is 0 Å². The summed E-state index contributed by atoms with van der Waals surface area (Å²) >= 11 is 0. The van der Waals surface area contributed by atoms with Crippen LogP contribution in [0.15, 0.2) is 182 Å². The molecule has 204 valence electrons. The first-order chi connectivity index (χ1) is 20.8. The molecule has 0 spiro atoms. The van der Waals surface area contributed by atoms with Gasteiger partial charge in [-0.2, -0.15) is 32.0 Å². The van der Waals surface area contributed by atoms with Crippen LogP contribution in [0.25, 0.3) is 0 Å². The lowest BCUT2D eigenvalue weighted by Crippen LogP contribution is -2.74. The van der Waals surface area contributed by atoms with Crippen LogP contribution in [-0.2, 0) is 0 Å². The average molecular weight is 643 g/mol. The van der Waals surface area contributed by atoms with Crippen molar-refractivity contribution in [2.45, 2.75) is 0 Å². The zero-order valence-corrected chi connectivity index (χ0v) is 28.5. The minimum absolute atomic E-state index is 1.50. The molecule has 6 aromatic carbocycles. The highest BCUT2D eigenvalue weighted by Gasteiger charge is 2.64. The summed E-state index contributed by atoms with van der Waals surface area (Å²) in [6.07, 6.45) is -7.50. The van der Waals surface area contributed by atoms with Gasteiger partial charge in [-0.15, -0.1) is 0 Å². The van der Waals surface area contributed by atoms with Crippen LogP contribution in [0, 0.1) is 0 Å². The maximum Gasteiger partial charge on any atom is 0.231 e. The lowest BCUT2D eigenvalue weighted by atomic mass is 10.4. The molecule has 0 atom stereocenters. The molecule has 0 N–H and O–H groups in total. The SMILES string of the molecule is c1ccc([Si]2(c3ccccc3)S[Si](c3ccccc3)(c3ccccc3)S[Si](c3ccccc3)(c3ccccc3)S2)cc1. The second kappa shape index (κ2) is 12.0. The van der Waals surface area contributed by atoms with Crippen molar-refractivity contribution in [1.29, 1.82) is 0 Å². The molecule has 1 fully saturated rings. The molecule has 1 aliphatic rings. The van der Waals surface area contributed by atoms with Gasteiger partial charge in [0.05, 0.1) is 0 Å². The van der Waals surface area contributed by atoms with Crippen LogP contribution in [0.1, 0.15) is 0 Å². The second-order valence-corrected chi connectivity index (χ2v) is 38.8. The highest BCUT2D eigenvalue weighted by Crippen LogP contribution is 2.56. The quantitative estimate of drug-likeness (QED) is 0.206. The molecule has 0 aliphatic carbocycles. The van der Waals surface area contributed by atoms with Gasteiger partial charge < -0.3 is 0 Å². The van der Waals surface area contributed by atoms with Crippen LogP contribution < -0.4 is 31.1 Å². The van der Waals surface area contributed by atoms with Crippen molar-refractivity contribution >= 4 is 82.2 Å². The molecule has 0 amide bonds. The normalized spacial score (nSPS) is 16.9. The van der Waals surface area contributed by atoms with Gasteiger partial charge in [-0.3, -0.25) is 0 Å². The van der Waals surface area contributed by atoms with Gasteiger partial charge in [0.2, 0.25) is 19.1 Å². The van der Waals surface area contributed by atoms with Gasteiger partial charge in [0, 0.05) is 0 Å². The van der Waals surface area contributed by atoms with E-state index in [1.807, 2.05) is 0 Å². The minimum Gasteiger partial charge on any atom is -0.166 e. The molecule has 0 bridgehead atoms. The van der Waals surface area contributed by atoms with Gasteiger partial charge >= 0.3 is 0 Å². The van der Waals surface area contributed by atoms with E-state index in [0.717, 1.165) is 0 Å². The van der Waals surface area contributed by atoms with E-state index < -0.39 is 19.1 Å². The van der Waals surface area contributed by atoms with Crippen molar-refractivity contribution in [3.63, 3.8) is 0 Å². The Morgan fingerprint density at radius 3 is 0.500 bits per heavy atom. The zero-order valence-electron chi connectivity index (χ0n) is 23.0. The van der Waals surface area contributed by atoms with Gasteiger partial charge in [-0.05, 0) is 31.1 Å². The minimum atomic E-state index is -2.50. The van der Waals surface area contributed by atoms with Gasteiger partial charge in [0.1, 0.15) is 0 Å². The van der Waals surface area contributed by atoms with E-state index in [2.05, 4.69) is 214 Å².